The van der Waals surface area contributed by atoms with Crippen molar-refractivity contribution in [3.8, 4) is 0 Å². The molecule has 3 heteroatoms. The Kier molecular flexibility index (Phi) is 3.88. The van der Waals surface area contributed by atoms with Crippen molar-refractivity contribution in [2.24, 2.45) is 0 Å². The van der Waals surface area contributed by atoms with Gasteiger partial charge in [-0.2, -0.15) is 0 Å². The van der Waals surface area contributed by atoms with Crippen LogP contribution in [0.4, 0.5) is 0 Å². The van der Waals surface area contributed by atoms with Crippen LogP contribution in [-0.4, -0.2) is 16.7 Å². The van der Waals surface area contributed by atoms with Gasteiger partial charge in [-0.25, -0.2) is 4.98 Å². The van der Waals surface area contributed by atoms with Crippen LogP contribution in [0, 0.1) is 0 Å². The first-order chi connectivity index (χ1) is 6.15. The Morgan fingerprint density at radius 2 is 2.15 bits per heavy atom. The molecule has 0 saturated heterocycles. The van der Waals surface area contributed by atoms with E-state index in [1.54, 1.807) is 11.3 Å². The lowest BCUT2D eigenvalue weighted by atomic mass is 10.1. The quantitative estimate of drug-likeness (QED) is 0.809. The molecule has 0 bridgehead atoms. The van der Waals surface area contributed by atoms with Gasteiger partial charge in [0, 0.05) is 23.8 Å². The second-order valence-electron chi connectivity index (χ2n) is 3.68. The van der Waals surface area contributed by atoms with E-state index < -0.39 is 0 Å². The van der Waals surface area contributed by atoms with Crippen LogP contribution in [0.5, 0.6) is 0 Å². The third-order valence-corrected chi connectivity index (χ3v) is 3.26. The maximum atomic E-state index is 8.79. The van der Waals surface area contributed by atoms with Gasteiger partial charge in [0.05, 0.1) is 10.7 Å². The maximum Gasteiger partial charge on any atom is 0.0953 e. The minimum absolute atomic E-state index is 0.246. The molecule has 74 valence electrons. The van der Waals surface area contributed by atoms with E-state index in [4.69, 9.17) is 5.11 Å². The molecule has 0 aliphatic carbocycles. The zero-order valence-electron chi connectivity index (χ0n) is 8.45. The van der Waals surface area contributed by atoms with Crippen molar-refractivity contribution in [3.63, 3.8) is 0 Å². The summed E-state index contributed by atoms with van der Waals surface area (Å²) in [5.74, 6) is 0.897. The molecule has 0 aliphatic heterocycles. The van der Waals surface area contributed by atoms with Crippen molar-refractivity contribution in [2.45, 2.75) is 39.0 Å². The average molecular weight is 199 g/mol. The van der Waals surface area contributed by atoms with Crippen molar-refractivity contribution < 1.29 is 5.11 Å². The van der Waals surface area contributed by atoms with Crippen LogP contribution in [0.25, 0.3) is 0 Å². The van der Waals surface area contributed by atoms with E-state index in [2.05, 4.69) is 31.1 Å². The smallest absolute Gasteiger partial charge is 0.0953 e. The fraction of sp³-hybridized carbons (Fsp3) is 0.700. The summed E-state index contributed by atoms with van der Waals surface area (Å²) in [6.07, 6.45) is 0.807. The van der Waals surface area contributed by atoms with Crippen molar-refractivity contribution in [1.29, 1.82) is 0 Å². The van der Waals surface area contributed by atoms with Gasteiger partial charge >= 0.3 is 0 Å². The van der Waals surface area contributed by atoms with E-state index in [0.29, 0.717) is 11.8 Å². The van der Waals surface area contributed by atoms with E-state index in [1.165, 1.54) is 5.01 Å². The SMILES string of the molecule is CC(C)c1nc([C@@H](C)CCO)cs1. The topological polar surface area (TPSA) is 33.1 Å². The van der Waals surface area contributed by atoms with Crippen LogP contribution >= 0.6 is 11.3 Å². The van der Waals surface area contributed by atoms with E-state index in [-0.39, 0.29) is 6.61 Å². The molecule has 1 aromatic rings. The second-order valence-corrected chi connectivity index (χ2v) is 4.57. The molecule has 1 aromatic heterocycles. The molecular weight excluding hydrogens is 182 g/mol. The number of hydrogen-bond acceptors (Lipinski definition) is 3. The van der Waals surface area contributed by atoms with Crippen molar-refractivity contribution >= 4 is 11.3 Å². The molecule has 13 heavy (non-hydrogen) atoms. The first kappa shape index (κ1) is 10.7. The molecule has 1 heterocycles. The van der Waals surface area contributed by atoms with Gasteiger partial charge in [-0.15, -0.1) is 11.3 Å². The van der Waals surface area contributed by atoms with Gasteiger partial charge in [-0.05, 0) is 6.42 Å². The standard InChI is InChI=1S/C10H17NOS/c1-7(2)10-11-9(6-13-10)8(3)4-5-12/h6-8,12H,4-5H2,1-3H3/t8-/m0/s1. The van der Waals surface area contributed by atoms with Gasteiger partial charge in [0.15, 0.2) is 0 Å². The van der Waals surface area contributed by atoms with Crippen molar-refractivity contribution in [3.05, 3.63) is 16.1 Å². The predicted molar refractivity (Wildman–Crippen MR) is 56.3 cm³/mol. The lowest BCUT2D eigenvalue weighted by molar-refractivity contribution is 0.278. The Hall–Kier alpha value is -0.410. The Morgan fingerprint density at radius 3 is 2.62 bits per heavy atom. The summed E-state index contributed by atoms with van der Waals surface area (Å²) < 4.78 is 0. The molecule has 0 aliphatic rings. The van der Waals surface area contributed by atoms with Crippen LogP contribution in [0.2, 0.25) is 0 Å². The summed E-state index contributed by atoms with van der Waals surface area (Å²) in [6.45, 7) is 6.66. The summed E-state index contributed by atoms with van der Waals surface area (Å²) >= 11 is 1.72. The third kappa shape index (κ3) is 2.78. The number of thiazole rings is 1. The third-order valence-electron chi connectivity index (χ3n) is 2.10. The van der Waals surface area contributed by atoms with Crippen LogP contribution in [0.3, 0.4) is 0 Å². The lowest BCUT2D eigenvalue weighted by Gasteiger charge is -2.05. The first-order valence-corrected chi connectivity index (χ1v) is 5.59. The summed E-state index contributed by atoms with van der Waals surface area (Å²) in [6, 6.07) is 0. The van der Waals surface area contributed by atoms with Crippen LogP contribution in [0.15, 0.2) is 5.38 Å². The van der Waals surface area contributed by atoms with Crippen LogP contribution < -0.4 is 0 Å². The molecule has 0 unspecified atom stereocenters. The monoisotopic (exact) mass is 199 g/mol. The Bertz CT molecular complexity index is 257. The molecule has 0 fully saturated rings. The fourth-order valence-electron chi connectivity index (χ4n) is 1.13. The number of nitrogens with zero attached hydrogens (tertiary/aromatic N) is 1. The lowest BCUT2D eigenvalue weighted by Crippen LogP contribution is -1.97. The van der Waals surface area contributed by atoms with E-state index in [0.717, 1.165) is 12.1 Å². The molecule has 1 N–H and O–H groups in total. The van der Waals surface area contributed by atoms with Gasteiger partial charge in [-0.1, -0.05) is 20.8 Å². The number of aromatic nitrogens is 1. The van der Waals surface area contributed by atoms with Gasteiger partial charge in [0.2, 0.25) is 0 Å². The average Bonchev–Trinajstić information content (AvgIpc) is 2.52. The fourth-order valence-corrected chi connectivity index (χ4v) is 2.09. The first-order valence-electron chi connectivity index (χ1n) is 4.71. The minimum Gasteiger partial charge on any atom is -0.396 e. The second kappa shape index (κ2) is 4.72. The van der Waals surface area contributed by atoms with E-state index in [9.17, 15) is 0 Å². The van der Waals surface area contributed by atoms with Gasteiger partial charge < -0.3 is 5.11 Å². The molecule has 0 aromatic carbocycles. The number of aliphatic hydroxyl groups excluding tert-OH is 1. The van der Waals surface area contributed by atoms with Gasteiger partial charge in [0.25, 0.3) is 0 Å². The Balaban J connectivity index is 2.67. The Labute approximate surface area is 83.6 Å². The highest BCUT2D eigenvalue weighted by Crippen LogP contribution is 2.25. The van der Waals surface area contributed by atoms with Gasteiger partial charge in [0.1, 0.15) is 0 Å². The van der Waals surface area contributed by atoms with Crippen molar-refractivity contribution in [2.75, 3.05) is 6.61 Å². The highest BCUT2D eigenvalue weighted by atomic mass is 32.1. The molecule has 0 radical (unpaired) electrons. The highest BCUT2D eigenvalue weighted by molar-refractivity contribution is 7.09. The molecule has 1 rings (SSSR count). The maximum absolute atomic E-state index is 8.79. The Morgan fingerprint density at radius 1 is 1.46 bits per heavy atom. The van der Waals surface area contributed by atoms with Gasteiger partial charge in [-0.3, -0.25) is 0 Å². The molecule has 0 amide bonds. The normalized spacial score (nSPS) is 13.6. The zero-order valence-corrected chi connectivity index (χ0v) is 9.27. The predicted octanol–water partition coefficient (Wildman–Crippen LogP) is 2.75. The molecule has 0 saturated carbocycles. The molecule has 2 nitrogen and oxygen atoms in total. The minimum atomic E-state index is 0.246. The van der Waals surface area contributed by atoms with E-state index >= 15 is 0 Å². The largest absolute Gasteiger partial charge is 0.396 e. The van der Waals surface area contributed by atoms with E-state index in [1.807, 2.05) is 0 Å². The summed E-state index contributed by atoms with van der Waals surface area (Å²) in [7, 11) is 0. The van der Waals surface area contributed by atoms with Crippen LogP contribution in [0.1, 0.15) is 49.7 Å². The number of hydrogen-bond donors (Lipinski definition) is 1. The molecule has 1 atom stereocenters. The number of aliphatic hydroxyl groups is 1. The summed E-state index contributed by atoms with van der Waals surface area (Å²) in [4.78, 5) is 4.54. The molecule has 0 spiro atoms. The number of rotatable bonds is 4. The highest BCUT2D eigenvalue weighted by Gasteiger charge is 2.10. The summed E-state index contributed by atoms with van der Waals surface area (Å²) in [5.41, 5.74) is 1.13. The summed E-state index contributed by atoms with van der Waals surface area (Å²) in [5, 5.41) is 12.1. The molecular formula is C10H17NOS. The zero-order chi connectivity index (χ0) is 9.84. The van der Waals surface area contributed by atoms with Crippen molar-refractivity contribution in [1.82, 2.24) is 4.98 Å². The van der Waals surface area contributed by atoms with Crippen LogP contribution in [-0.2, 0) is 0 Å².